The van der Waals surface area contributed by atoms with Gasteiger partial charge in [-0.3, -0.25) is 0 Å². The SMILES string of the molecule is Cc1cc(F)ccc1S(=O)(=O)NC1CCC(C)C1. The number of rotatable bonds is 3. The van der Waals surface area contributed by atoms with Crippen LogP contribution in [0.25, 0.3) is 0 Å². The summed E-state index contributed by atoms with van der Waals surface area (Å²) in [5.74, 6) is 0.146. The second-order valence-electron chi connectivity index (χ2n) is 5.15. The van der Waals surface area contributed by atoms with Crippen molar-refractivity contribution >= 4 is 10.0 Å². The zero-order valence-corrected chi connectivity index (χ0v) is 11.4. The highest BCUT2D eigenvalue weighted by Gasteiger charge is 2.27. The van der Waals surface area contributed by atoms with Crippen LogP contribution in [-0.2, 0) is 10.0 Å². The Balaban J connectivity index is 2.20. The molecule has 1 aliphatic rings. The summed E-state index contributed by atoms with van der Waals surface area (Å²) in [7, 11) is -3.53. The number of hydrogen-bond acceptors (Lipinski definition) is 2. The second-order valence-corrected chi connectivity index (χ2v) is 6.83. The molecule has 5 heteroatoms. The third-order valence-electron chi connectivity index (χ3n) is 3.44. The zero-order chi connectivity index (χ0) is 13.3. The first-order valence-corrected chi connectivity index (χ1v) is 7.65. The Morgan fingerprint density at radius 3 is 2.61 bits per heavy atom. The molecule has 1 N–H and O–H groups in total. The number of aryl methyl sites for hydroxylation is 1. The van der Waals surface area contributed by atoms with Gasteiger partial charge in [0.2, 0.25) is 10.0 Å². The molecule has 2 rings (SSSR count). The molecule has 0 radical (unpaired) electrons. The summed E-state index contributed by atoms with van der Waals surface area (Å²) < 4.78 is 40.1. The Morgan fingerprint density at radius 2 is 2.06 bits per heavy atom. The van der Waals surface area contributed by atoms with E-state index in [2.05, 4.69) is 11.6 Å². The van der Waals surface area contributed by atoms with Gasteiger partial charge in [-0.2, -0.15) is 0 Å². The highest BCUT2D eigenvalue weighted by Crippen LogP contribution is 2.26. The first-order valence-electron chi connectivity index (χ1n) is 6.17. The molecule has 0 aromatic heterocycles. The highest BCUT2D eigenvalue weighted by atomic mass is 32.2. The van der Waals surface area contributed by atoms with Crippen molar-refractivity contribution in [3.8, 4) is 0 Å². The Labute approximate surface area is 107 Å². The molecular formula is C13H18FNO2S. The van der Waals surface area contributed by atoms with Crippen molar-refractivity contribution in [1.82, 2.24) is 4.72 Å². The van der Waals surface area contributed by atoms with Gasteiger partial charge in [-0.1, -0.05) is 6.92 Å². The van der Waals surface area contributed by atoms with E-state index < -0.39 is 15.8 Å². The summed E-state index contributed by atoms with van der Waals surface area (Å²) in [5, 5.41) is 0. The van der Waals surface area contributed by atoms with Crippen molar-refractivity contribution < 1.29 is 12.8 Å². The minimum atomic E-state index is -3.53. The molecular weight excluding hydrogens is 253 g/mol. The van der Waals surface area contributed by atoms with E-state index in [4.69, 9.17) is 0 Å². The molecule has 100 valence electrons. The molecule has 2 unspecified atom stereocenters. The number of halogens is 1. The Hall–Kier alpha value is -0.940. The van der Waals surface area contributed by atoms with Crippen LogP contribution in [0.15, 0.2) is 23.1 Å². The second kappa shape index (κ2) is 4.97. The Morgan fingerprint density at radius 1 is 1.33 bits per heavy atom. The molecule has 0 amide bonds. The molecule has 1 saturated carbocycles. The topological polar surface area (TPSA) is 46.2 Å². The molecule has 1 fully saturated rings. The maximum absolute atomic E-state index is 13.0. The van der Waals surface area contributed by atoms with Crippen LogP contribution >= 0.6 is 0 Å². The maximum Gasteiger partial charge on any atom is 0.241 e. The molecule has 0 bridgehead atoms. The van der Waals surface area contributed by atoms with E-state index in [0.717, 1.165) is 19.3 Å². The van der Waals surface area contributed by atoms with Gasteiger partial charge >= 0.3 is 0 Å². The van der Waals surface area contributed by atoms with Crippen molar-refractivity contribution in [1.29, 1.82) is 0 Å². The lowest BCUT2D eigenvalue weighted by Gasteiger charge is -2.14. The van der Waals surface area contributed by atoms with Crippen molar-refractivity contribution in [3.63, 3.8) is 0 Å². The number of nitrogens with one attached hydrogen (secondary N) is 1. The quantitative estimate of drug-likeness (QED) is 0.918. The summed E-state index contributed by atoms with van der Waals surface area (Å²) >= 11 is 0. The highest BCUT2D eigenvalue weighted by molar-refractivity contribution is 7.89. The van der Waals surface area contributed by atoms with E-state index in [-0.39, 0.29) is 10.9 Å². The van der Waals surface area contributed by atoms with Crippen LogP contribution in [-0.4, -0.2) is 14.5 Å². The van der Waals surface area contributed by atoms with Crippen molar-refractivity contribution in [3.05, 3.63) is 29.6 Å². The number of hydrogen-bond donors (Lipinski definition) is 1. The van der Waals surface area contributed by atoms with Crippen molar-refractivity contribution in [2.24, 2.45) is 5.92 Å². The molecule has 1 aliphatic carbocycles. The summed E-state index contributed by atoms with van der Waals surface area (Å²) in [5.41, 5.74) is 0.438. The van der Waals surface area contributed by atoms with Crippen LogP contribution in [0, 0.1) is 18.7 Å². The molecule has 0 saturated heterocycles. The third-order valence-corrected chi connectivity index (χ3v) is 5.12. The van der Waals surface area contributed by atoms with Crippen LogP contribution in [0.5, 0.6) is 0 Å². The summed E-state index contributed by atoms with van der Waals surface area (Å²) in [4.78, 5) is 0.170. The van der Waals surface area contributed by atoms with E-state index >= 15 is 0 Å². The average Bonchev–Trinajstić information content (AvgIpc) is 2.62. The minimum Gasteiger partial charge on any atom is -0.208 e. The first-order chi connectivity index (χ1) is 8.38. The Kier molecular flexibility index (Phi) is 3.73. The van der Waals surface area contributed by atoms with Gasteiger partial charge in [0.1, 0.15) is 5.82 Å². The van der Waals surface area contributed by atoms with Crippen molar-refractivity contribution in [2.45, 2.75) is 44.0 Å². The normalized spacial score (nSPS) is 24.4. The fourth-order valence-electron chi connectivity index (χ4n) is 2.51. The Bertz CT molecular complexity index is 542. The van der Waals surface area contributed by atoms with E-state index in [0.29, 0.717) is 11.5 Å². The number of benzene rings is 1. The van der Waals surface area contributed by atoms with Gasteiger partial charge in [0, 0.05) is 6.04 Å². The van der Waals surface area contributed by atoms with E-state index in [9.17, 15) is 12.8 Å². The van der Waals surface area contributed by atoms with Crippen LogP contribution in [0.4, 0.5) is 4.39 Å². The fourth-order valence-corrected chi connectivity index (χ4v) is 4.02. The maximum atomic E-state index is 13.0. The average molecular weight is 271 g/mol. The van der Waals surface area contributed by atoms with Gasteiger partial charge in [-0.15, -0.1) is 0 Å². The molecule has 0 heterocycles. The minimum absolute atomic E-state index is 0.00875. The van der Waals surface area contributed by atoms with Gasteiger partial charge in [-0.05, 0) is 55.9 Å². The van der Waals surface area contributed by atoms with Crippen molar-refractivity contribution in [2.75, 3.05) is 0 Å². The molecule has 18 heavy (non-hydrogen) atoms. The fraction of sp³-hybridized carbons (Fsp3) is 0.538. The summed E-state index contributed by atoms with van der Waals surface area (Å²) in [6.45, 7) is 3.73. The predicted octanol–water partition coefficient (Wildman–Crippen LogP) is 2.60. The molecule has 1 aromatic rings. The standard InChI is InChI=1S/C13H18FNO2S/c1-9-3-5-12(7-9)15-18(16,17)13-6-4-11(14)8-10(13)2/h4,6,8-9,12,15H,3,5,7H2,1-2H3. The van der Waals surface area contributed by atoms with Gasteiger partial charge < -0.3 is 0 Å². The van der Waals surface area contributed by atoms with Crippen LogP contribution in [0.1, 0.15) is 31.7 Å². The lowest BCUT2D eigenvalue weighted by molar-refractivity contribution is 0.537. The van der Waals surface area contributed by atoms with Gasteiger partial charge in [0.25, 0.3) is 0 Å². The van der Waals surface area contributed by atoms with E-state index in [1.807, 2.05) is 0 Å². The predicted molar refractivity (Wildman–Crippen MR) is 68.3 cm³/mol. The van der Waals surface area contributed by atoms with E-state index in [1.54, 1.807) is 6.92 Å². The molecule has 1 aromatic carbocycles. The van der Waals surface area contributed by atoms with Gasteiger partial charge in [-0.25, -0.2) is 17.5 Å². The lowest BCUT2D eigenvalue weighted by Crippen LogP contribution is -2.33. The smallest absolute Gasteiger partial charge is 0.208 e. The molecule has 3 nitrogen and oxygen atoms in total. The zero-order valence-electron chi connectivity index (χ0n) is 10.6. The van der Waals surface area contributed by atoms with Gasteiger partial charge in [0.15, 0.2) is 0 Å². The summed E-state index contributed by atoms with van der Waals surface area (Å²) in [6, 6.07) is 3.75. The summed E-state index contributed by atoms with van der Waals surface area (Å²) in [6.07, 6.45) is 2.80. The number of sulfonamides is 1. The van der Waals surface area contributed by atoms with Crippen LogP contribution < -0.4 is 4.72 Å². The molecule has 0 aliphatic heterocycles. The van der Waals surface area contributed by atoms with Crippen LogP contribution in [0.3, 0.4) is 0 Å². The third kappa shape index (κ3) is 2.90. The van der Waals surface area contributed by atoms with Crippen LogP contribution in [0.2, 0.25) is 0 Å². The monoisotopic (exact) mass is 271 g/mol. The molecule has 0 spiro atoms. The molecule has 2 atom stereocenters. The largest absolute Gasteiger partial charge is 0.241 e. The first kappa shape index (κ1) is 13.5. The lowest BCUT2D eigenvalue weighted by atomic mass is 10.1. The van der Waals surface area contributed by atoms with Gasteiger partial charge in [0.05, 0.1) is 4.90 Å². The van der Waals surface area contributed by atoms with E-state index in [1.165, 1.54) is 18.2 Å².